The number of hydrogen-bond donors (Lipinski definition) is 2. The van der Waals surface area contributed by atoms with Gasteiger partial charge in [0.2, 0.25) is 0 Å². The number of aliphatic hydroxyl groups is 2. The summed E-state index contributed by atoms with van der Waals surface area (Å²) in [4.78, 5) is 15.5. The van der Waals surface area contributed by atoms with Crippen LogP contribution >= 0.6 is 0 Å². The van der Waals surface area contributed by atoms with E-state index < -0.39 is 12.2 Å². The fourth-order valence-corrected chi connectivity index (χ4v) is 6.91. The molecule has 0 saturated heterocycles. The summed E-state index contributed by atoms with van der Waals surface area (Å²) >= 11 is 0. The lowest BCUT2D eigenvalue weighted by atomic mass is 9.90. The van der Waals surface area contributed by atoms with Crippen molar-refractivity contribution >= 4 is 23.2 Å². The number of anilines is 1. The van der Waals surface area contributed by atoms with E-state index in [2.05, 4.69) is 48.6 Å². The summed E-state index contributed by atoms with van der Waals surface area (Å²) in [5.74, 6) is 1.08. The number of aliphatic hydroxyl groups excluding tert-OH is 2. The lowest BCUT2D eigenvalue weighted by molar-refractivity contribution is -0.123. The van der Waals surface area contributed by atoms with Crippen LogP contribution in [0.5, 0.6) is 0 Å². The van der Waals surface area contributed by atoms with Crippen LogP contribution in [0.3, 0.4) is 0 Å². The summed E-state index contributed by atoms with van der Waals surface area (Å²) in [6, 6.07) is 16.5. The van der Waals surface area contributed by atoms with Crippen molar-refractivity contribution in [1.82, 2.24) is 0 Å². The monoisotopic (exact) mass is 529 g/mol. The van der Waals surface area contributed by atoms with E-state index in [9.17, 15) is 15.0 Å². The van der Waals surface area contributed by atoms with Crippen LogP contribution in [0.1, 0.15) is 75.0 Å². The standard InChI is InChI=1S/C34H43NO4/c1-2-9-26-14-15-29(21-30(26)27-12-7-4-8-13-27)35(22-24-10-5-3-6-11-24)33(37)23-39-17-16-25-18-28-20-32(36)34(38)31(28)19-25/h2-3,5-6,9-12,14-15,21,25,28,31-32,34,36,38H,4,7-8,13,16-20,22-23H2,1H3/t25?,28-,31+,32+,34+/m0/s1. The molecular weight excluding hydrogens is 486 g/mol. The third-order valence-corrected chi connectivity index (χ3v) is 8.94. The molecule has 2 saturated carbocycles. The van der Waals surface area contributed by atoms with Gasteiger partial charge in [0, 0.05) is 12.3 Å². The van der Waals surface area contributed by atoms with E-state index in [-0.39, 0.29) is 18.4 Å². The van der Waals surface area contributed by atoms with Crippen molar-refractivity contribution in [2.24, 2.45) is 17.8 Å². The Morgan fingerprint density at radius 2 is 1.92 bits per heavy atom. The van der Waals surface area contributed by atoms with Crippen molar-refractivity contribution in [3.05, 3.63) is 77.4 Å². The summed E-state index contributed by atoms with van der Waals surface area (Å²) in [6.07, 6.45) is 13.6. The van der Waals surface area contributed by atoms with E-state index >= 15 is 0 Å². The van der Waals surface area contributed by atoms with Crippen molar-refractivity contribution in [2.75, 3.05) is 18.1 Å². The van der Waals surface area contributed by atoms with Crippen LogP contribution in [0.2, 0.25) is 0 Å². The van der Waals surface area contributed by atoms with E-state index in [4.69, 9.17) is 4.74 Å². The fraction of sp³-hybridized carbons (Fsp3) is 0.500. The smallest absolute Gasteiger partial charge is 0.253 e. The second-order valence-electron chi connectivity index (χ2n) is 11.6. The average molecular weight is 530 g/mol. The highest BCUT2D eigenvalue weighted by atomic mass is 16.5. The summed E-state index contributed by atoms with van der Waals surface area (Å²) in [5.41, 5.74) is 5.77. The van der Waals surface area contributed by atoms with Gasteiger partial charge in [-0.15, -0.1) is 0 Å². The summed E-state index contributed by atoms with van der Waals surface area (Å²) in [5, 5.41) is 20.2. The molecule has 2 N–H and O–H groups in total. The molecule has 5 heteroatoms. The maximum absolute atomic E-state index is 13.6. The van der Waals surface area contributed by atoms with Gasteiger partial charge in [-0.25, -0.2) is 0 Å². The molecule has 5 rings (SSSR count). The zero-order valence-electron chi connectivity index (χ0n) is 23.2. The molecule has 0 aromatic heterocycles. The van der Waals surface area contributed by atoms with E-state index in [1.165, 1.54) is 29.5 Å². The van der Waals surface area contributed by atoms with Gasteiger partial charge in [0.15, 0.2) is 0 Å². The van der Waals surface area contributed by atoms with Gasteiger partial charge in [-0.3, -0.25) is 4.79 Å². The summed E-state index contributed by atoms with van der Waals surface area (Å²) < 4.78 is 5.95. The number of fused-ring (bicyclic) bond motifs is 1. The van der Waals surface area contributed by atoms with Crippen LogP contribution in [0.25, 0.3) is 11.6 Å². The van der Waals surface area contributed by atoms with E-state index in [0.29, 0.717) is 31.4 Å². The first kappa shape index (κ1) is 27.8. The molecule has 0 radical (unpaired) electrons. The van der Waals surface area contributed by atoms with Crippen molar-refractivity contribution in [1.29, 1.82) is 0 Å². The lowest BCUT2D eigenvalue weighted by Gasteiger charge is -2.25. The molecule has 2 fully saturated rings. The van der Waals surface area contributed by atoms with Gasteiger partial charge in [-0.05, 0) is 110 Å². The molecule has 0 aliphatic heterocycles. The number of carbonyl (C=O) groups is 1. The predicted molar refractivity (Wildman–Crippen MR) is 157 cm³/mol. The Bertz CT molecular complexity index is 1170. The molecule has 2 aromatic rings. The third-order valence-electron chi connectivity index (χ3n) is 8.94. The molecule has 3 aliphatic rings. The zero-order chi connectivity index (χ0) is 27.2. The van der Waals surface area contributed by atoms with Gasteiger partial charge in [0.05, 0.1) is 18.8 Å². The summed E-state index contributed by atoms with van der Waals surface area (Å²) in [7, 11) is 0. The van der Waals surface area contributed by atoms with Crippen molar-refractivity contribution in [3.8, 4) is 0 Å². The first-order valence-electron chi connectivity index (χ1n) is 14.8. The second kappa shape index (κ2) is 13.1. The maximum Gasteiger partial charge on any atom is 0.253 e. The van der Waals surface area contributed by atoms with E-state index in [1.807, 2.05) is 30.0 Å². The molecule has 0 heterocycles. The van der Waals surface area contributed by atoms with Gasteiger partial charge >= 0.3 is 0 Å². The number of hydrogen-bond acceptors (Lipinski definition) is 4. The molecule has 2 aromatic carbocycles. The first-order chi connectivity index (χ1) is 19.0. The molecule has 5 atom stereocenters. The van der Waals surface area contributed by atoms with Gasteiger partial charge in [0.25, 0.3) is 5.91 Å². The SMILES string of the molecule is CC=Cc1ccc(N(Cc2ccccc2)C(=O)COCCC2C[C@H]3C[C@@H](O)[C@H](O)[C@@H]3C2)cc1C1=CCCCC1. The lowest BCUT2D eigenvalue weighted by Crippen LogP contribution is -2.34. The van der Waals surface area contributed by atoms with Crippen molar-refractivity contribution in [3.63, 3.8) is 0 Å². The van der Waals surface area contributed by atoms with Gasteiger partial charge in [-0.2, -0.15) is 0 Å². The minimum absolute atomic E-state index is 0.0388. The average Bonchev–Trinajstić information content (AvgIpc) is 3.48. The van der Waals surface area contributed by atoms with Crippen LogP contribution in [0, 0.1) is 17.8 Å². The highest BCUT2D eigenvalue weighted by molar-refractivity contribution is 5.95. The normalized spacial score (nSPS) is 26.5. The number of carbonyl (C=O) groups excluding carboxylic acids is 1. The molecular formula is C34H43NO4. The minimum atomic E-state index is -0.581. The molecule has 0 bridgehead atoms. The number of rotatable bonds is 10. The van der Waals surface area contributed by atoms with Crippen LogP contribution < -0.4 is 4.90 Å². The van der Waals surface area contributed by atoms with Crippen molar-refractivity contribution in [2.45, 2.75) is 77.0 Å². The Kier molecular flexibility index (Phi) is 9.33. The molecule has 208 valence electrons. The molecule has 1 unspecified atom stereocenters. The second-order valence-corrected chi connectivity index (χ2v) is 11.6. The Morgan fingerprint density at radius 1 is 1.08 bits per heavy atom. The van der Waals surface area contributed by atoms with Crippen LogP contribution in [0.4, 0.5) is 5.69 Å². The van der Waals surface area contributed by atoms with Crippen molar-refractivity contribution < 1.29 is 19.7 Å². The largest absolute Gasteiger partial charge is 0.390 e. The highest BCUT2D eigenvalue weighted by Gasteiger charge is 2.46. The highest BCUT2D eigenvalue weighted by Crippen LogP contribution is 2.48. The Hall–Kier alpha value is -2.73. The van der Waals surface area contributed by atoms with E-state index in [1.54, 1.807) is 0 Å². The van der Waals surface area contributed by atoms with Gasteiger partial charge < -0.3 is 19.8 Å². The van der Waals surface area contributed by atoms with Crippen LogP contribution in [0.15, 0.2) is 60.7 Å². The minimum Gasteiger partial charge on any atom is -0.390 e. The number of benzene rings is 2. The summed E-state index contributed by atoms with van der Waals surface area (Å²) in [6.45, 7) is 3.12. The van der Waals surface area contributed by atoms with Crippen LogP contribution in [-0.4, -0.2) is 41.5 Å². The fourth-order valence-electron chi connectivity index (χ4n) is 6.91. The van der Waals surface area contributed by atoms with Crippen LogP contribution in [-0.2, 0) is 16.1 Å². The number of allylic oxidation sites excluding steroid dienone is 3. The number of ether oxygens (including phenoxy) is 1. The quantitative estimate of drug-likeness (QED) is 0.350. The first-order valence-corrected chi connectivity index (χ1v) is 14.8. The predicted octanol–water partition coefficient (Wildman–Crippen LogP) is 6.38. The van der Waals surface area contributed by atoms with E-state index in [0.717, 1.165) is 43.4 Å². The molecule has 0 spiro atoms. The Labute approximate surface area is 233 Å². The Balaban J connectivity index is 1.27. The number of amides is 1. The number of nitrogens with zero attached hydrogens (tertiary/aromatic N) is 1. The molecule has 5 nitrogen and oxygen atoms in total. The van der Waals surface area contributed by atoms with Gasteiger partial charge in [0.1, 0.15) is 6.61 Å². The molecule has 3 aliphatic carbocycles. The topological polar surface area (TPSA) is 70.0 Å². The molecule has 39 heavy (non-hydrogen) atoms. The zero-order valence-corrected chi connectivity index (χ0v) is 23.2. The maximum atomic E-state index is 13.6. The molecule has 1 amide bonds. The Morgan fingerprint density at radius 3 is 2.67 bits per heavy atom. The third kappa shape index (κ3) is 6.71. The van der Waals surface area contributed by atoms with Gasteiger partial charge in [-0.1, -0.05) is 54.6 Å².